The summed E-state index contributed by atoms with van der Waals surface area (Å²) in [7, 11) is 0. The molecule has 0 unspecified atom stereocenters. The topological polar surface area (TPSA) is 64.3 Å². The van der Waals surface area contributed by atoms with Gasteiger partial charge in [-0.15, -0.1) is 0 Å². The molecule has 7 aromatic carbocycles. The Kier molecular flexibility index (Phi) is 5.33. The van der Waals surface area contributed by atoms with Crippen LogP contribution in [-0.2, 0) is 0 Å². The van der Waals surface area contributed by atoms with Crippen LogP contribution in [0.25, 0.3) is 104 Å². The van der Waals surface area contributed by atoms with Gasteiger partial charge >= 0.3 is 0 Å². The number of benzene rings is 7. The van der Waals surface area contributed by atoms with Gasteiger partial charge in [-0.05, 0) is 42.5 Å². The van der Waals surface area contributed by atoms with Crippen molar-refractivity contribution in [3.8, 4) is 17.4 Å². The Morgan fingerprint density at radius 1 is 0.510 bits per heavy atom. The molecule has 11 rings (SSSR count). The van der Waals surface area contributed by atoms with Gasteiger partial charge in [0.2, 0.25) is 5.69 Å². The maximum atomic E-state index is 18.0. The molecule has 0 spiro atoms. The molecule has 0 radical (unpaired) electrons. The van der Waals surface area contributed by atoms with Crippen LogP contribution in [0.15, 0.2) is 136 Å². The van der Waals surface area contributed by atoms with Gasteiger partial charge in [-0.25, -0.2) is 9.24 Å². The summed E-state index contributed by atoms with van der Waals surface area (Å²) in [5, 5.41) is 18.0. The van der Waals surface area contributed by atoms with Crippen LogP contribution < -0.4 is 0 Å². The highest BCUT2D eigenvalue weighted by Crippen LogP contribution is 2.45. The molecule has 4 heterocycles. The fraction of sp³-hybridized carbons (Fsp3) is 0. The molecule has 51 heavy (non-hydrogen) atoms. The van der Waals surface area contributed by atoms with E-state index >= 15 is 4.39 Å². The third-order valence-corrected chi connectivity index (χ3v) is 10.2. The first-order chi connectivity index (χ1) is 25.1. The van der Waals surface area contributed by atoms with Crippen LogP contribution in [0.1, 0.15) is 5.56 Å². The molecule has 0 aliphatic carbocycles. The Hall–Kier alpha value is -7.35. The largest absolute Gasteiger partial charge is 0.456 e. The summed E-state index contributed by atoms with van der Waals surface area (Å²) in [6.07, 6.45) is 0. The third kappa shape index (κ3) is 3.56. The average Bonchev–Trinajstić information content (AvgIpc) is 3.90. The monoisotopic (exact) mass is 656 g/mol. The normalized spacial score (nSPS) is 12.0. The lowest BCUT2D eigenvalue weighted by atomic mass is 10.1. The number of nitrogens with zero attached hydrogens (tertiary/aromatic N) is 4. The van der Waals surface area contributed by atoms with E-state index in [1.54, 1.807) is 9.13 Å². The van der Waals surface area contributed by atoms with Crippen LogP contribution in [0.2, 0.25) is 0 Å². The van der Waals surface area contributed by atoms with Crippen LogP contribution in [0.3, 0.4) is 0 Å². The van der Waals surface area contributed by atoms with Crippen LogP contribution in [0, 0.1) is 23.7 Å². The molecule has 0 atom stereocenters. The molecule has 0 saturated heterocycles. The van der Waals surface area contributed by atoms with Crippen LogP contribution in [-0.4, -0.2) is 9.13 Å². The molecular weight excluding hydrogens is 636 g/mol. The molecule has 0 N–H and O–H groups in total. The predicted molar refractivity (Wildman–Crippen MR) is 201 cm³/mol. The minimum absolute atomic E-state index is 0.0283. The molecule has 236 valence electrons. The van der Waals surface area contributed by atoms with Crippen molar-refractivity contribution in [2.45, 2.75) is 0 Å². The second kappa shape index (κ2) is 9.85. The third-order valence-electron chi connectivity index (χ3n) is 10.2. The number of para-hydroxylation sites is 4. The molecular formula is C44H21FN4O2. The average molecular weight is 657 g/mol. The molecule has 0 bridgehead atoms. The fourth-order valence-corrected chi connectivity index (χ4v) is 8.07. The first kappa shape index (κ1) is 27.6. The van der Waals surface area contributed by atoms with Crippen molar-refractivity contribution in [2.24, 2.45) is 0 Å². The second-order valence-corrected chi connectivity index (χ2v) is 12.8. The molecule has 6 nitrogen and oxygen atoms in total. The molecule has 7 heteroatoms. The number of hydrogen-bond donors (Lipinski definition) is 0. The fourth-order valence-electron chi connectivity index (χ4n) is 8.07. The van der Waals surface area contributed by atoms with E-state index in [1.807, 2.05) is 109 Å². The van der Waals surface area contributed by atoms with Crippen LogP contribution >= 0.6 is 0 Å². The van der Waals surface area contributed by atoms with Crippen molar-refractivity contribution < 1.29 is 13.2 Å². The van der Waals surface area contributed by atoms with Crippen LogP contribution in [0.4, 0.5) is 10.1 Å². The molecule has 0 amide bonds. The minimum atomic E-state index is -0.681. The number of furan rings is 2. The van der Waals surface area contributed by atoms with E-state index in [0.29, 0.717) is 22.2 Å². The van der Waals surface area contributed by atoms with Crippen molar-refractivity contribution in [3.05, 3.63) is 150 Å². The van der Waals surface area contributed by atoms with E-state index < -0.39 is 5.82 Å². The Balaban J connectivity index is 1.29. The number of rotatable bonds is 2. The van der Waals surface area contributed by atoms with Crippen molar-refractivity contribution in [1.82, 2.24) is 9.13 Å². The molecule has 0 saturated carbocycles. The maximum Gasteiger partial charge on any atom is 0.215 e. The lowest BCUT2D eigenvalue weighted by Crippen LogP contribution is -2.07. The Labute approximate surface area is 287 Å². The molecule has 0 aliphatic rings. The number of aromatic nitrogens is 2. The van der Waals surface area contributed by atoms with Crippen LogP contribution in [0.5, 0.6) is 0 Å². The number of hydrogen-bond acceptors (Lipinski definition) is 3. The second-order valence-electron chi connectivity index (χ2n) is 12.8. The zero-order chi connectivity index (χ0) is 34.0. The van der Waals surface area contributed by atoms with E-state index in [-0.39, 0.29) is 22.6 Å². The van der Waals surface area contributed by atoms with Gasteiger partial charge in [-0.3, -0.25) is 0 Å². The highest BCUT2D eigenvalue weighted by atomic mass is 19.1. The van der Waals surface area contributed by atoms with E-state index in [2.05, 4.69) is 23.0 Å². The molecule has 11 aromatic rings. The molecule has 4 aromatic heterocycles. The standard InChI is InChI=1S/C44H21FN4O2/c1-47-33-18-24(23-46)43(48-34-14-6-2-10-25(34)29-19-31-27-12-4-8-16-38(27)50-40(31)21-36(29)48)42(45)44(33)49-35-15-7-3-11-26(35)30-20-32-28-13-5-9-17-39(28)51-41(32)22-37(30)49/h2-22H. The SMILES string of the molecule is [C-]#[N+]c1cc(C#N)c(-n2c3ccccc3c3cc4c(cc32)oc2ccccc24)c(F)c1-n1c2ccccc2c2cc3c(cc21)oc1ccccc13. The predicted octanol–water partition coefficient (Wildman–Crippen LogP) is 12.2. The number of halogens is 1. The highest BCUT2D eigenvalue weighted by Gasteiger charge is 2.27. The molecule has 0 aliphatic heterocycles. The zero-order valence-electron chi connectivity index (χ0n) is 26.6. The lowest BCUT2D eigenvalue weighted by Gasteiger charge is -2.18. The Morgan fingerprint density at radius 3 is 1.49 bits per heavy atom. The number of nitriles is 1. The van der Waals surface area contributed by atoms with E-state index in [1.165, 1.54) is 6.07 Å². The summed E-state index contributed by atoms with van der Waals surface area (Å²) in [5.41, 5.74) is 5.88. The molecule has 0 fully saturated rings. The quantitative estimate of drug-likeness (QED) is 0.174. The van der Waals surface area contributed by atoms with Gasteiger partial charge < -0.3 is 18.0 Å². The van der Waals surface area contributed by atoms with Gasteiger partial charge in [0, 0.05) is 55.2 Å². The van der Waals surface area contributed by atoms with Crippen molar-refractivity contribution in [3.63, 3.8) is 0 Å². The van der Waals surface area contributed by atoms with Gasteiger partial charge in [0.15, 0.2) is 5.82 Å². The van der Waals surface area contributed by atoms with E-state index in [9.17, 15) is 5.26 Å². The van der Waals surface area contributed by atoms with Gasteiger partial charge in [0.05, 0.1) is 45.6 Å². The smallest absolute Gasteiger partial charge is 0.215 e. The summed E-state index contributed by atoms with van der Waals surface area (Å²) in [6, 6.07) is 43.1. The van der Waals surface area contributed by atoms with Crippen molar-refractivity contribution in [2.75, 3.05) is 0 Å². The van der Waals surface area contributed by atoms with Gasteiger partial charge in [0.1, 0.15) is 28.4 Å². The lowest BCUT2D eigenvalue weighted by molar-refractivity contribution is 0.614. The van der Waals surface area contributed by atoms with Crippen molar-refractivity contribution >= 4 is 93.2 Å². The highest BCUT2D eigenvalue weighted by molar-refractivity contribution is 6.19. The van der Waals surface area contributed by atoms with Gasteiger partial charge in [-0.1, -0.05) is 72.8 Å². The number of fused-ring (bicyclic) bond motifs is 12. The minimum Gasteiger partial charge on any atom is -0.456 e. The van der Waals surface area contributed by atoms with Gasteiger partial charge in [0.25, 0.3) is 0 Å². The van der Waals surface area contributed by atoms with Crippen molar-refractivity contribution in [1.29, 1.82) is 5.26 Å². The Bertz CT molecular complexity index is 3190. The summed E-state index contributed by atoms with van der Waals surface area (Å²) < 4.78 is 34.2. The summed E-state index contributed by atoms with van der Waals surface area (Å²) in [5.74, 6) is -0.681. The van der Waals surface area contributed by atoms with Gasteiger partial charge in [-0.2, -0.15) is 5.26 Å². The Morgan fingerprint density at radius 2 is 0.980 bits per heavy atom. The summed E-state index contributed by atoms with van der Waals surface area (Å²) in [4.78, 5) is 3.81. The van der Waals surface area contributed by atoms with E-state index in [4.69, 9.17) is 15.4 Å². The zero-order valence-corrected chi connectivity index (χ0v) is 26.6. The summed E-state index contributed by atoms with van der Waals surface area (Å²) >= 11 is 0. The summed E-state index contributed by atoms with van der Waals surface area (Å²) in [6.45, 7) is 8.22. The van der Waals surface area contributed by atoms with E-state index in [0.717, 1.165) is 65.3 Å². The first-order valence-corrected chi connectivity index (χ1v) is 16.5. The maximum absolute atomic E-state index is 18.0. The first-order valence-electron chi connectivity index (χ1n) is 16.5.